The SMILES string of the molecule is CN(C)[C@@H]1C(=O)C(C(N)=O)=C(O)[C@]2(O)C(=O)C3=C(O)c4c(O)cccc4[C@](C)(O)[C@H]3C[C@H]12. The summed E-state index contributed by atoms with van der Waals surface area (Å²) in [5, 5.41) is 54.9. The molecule has 0 saturated heterocycles. The summed E-state index contributed by atoms with van der Waals surface area (Å²) in [5.41, 5.74) is -0.548. The van der Waals surface area contributed by atoms with Crippen LogP contribution in [0.15, 0.2) is 35.1 Å². The number of primary amides is 1. The van der Waals surface area contributed by atoms with Crippen molar-refractivity contribution in [2.75, 3.05) is 14.1 Å². The number of aliphatic hydroxyl groups excluding tert-OH is 2. The van der Waals surface area contributed by atoms with Crippen molar-refractivity contribution >= 4 is 23.2 Å². The van der Waals surface area contributed by atoms with Gasteiger partial charge in [-0.1, -0.05) is 12.1 Å². The Balaban J connectivity index is 2.05. The number of benzene rings is 1. The number of aliphatic hydroxyl groups is 4. The summed E-state index contributed by atoms with van der Waals surface area (Å²) in [6.45, 7) is 1.40. The summed E-state index contributed by atoms with van der Waals surface area (Å²) in [6, 6.07) is 3.02. The number of hydrogen-bond donors (Lipinski definition) is 6. The van der Waals surface area contributed by atoms with Crippen molar-refractivity contribution < 1.29 is 39.9 Å². The molecule has 10 heteroatoms. The first-order valence-corrected chi connectivity index (χ1v) is 9.97. The zero-order chi connectivity index (χ0) is 23.9. The molecular formula is C22H24N2O8. The number of nitrogens with two attached hydrogens (primary N) is 1. The molecule has 4 rings (SSSR count). The lowest BCUT2D eigenvalue weighted by molar-refractivity contribution is -0.159. The van der Waals surface area contributed by atoms with Crippen LogP contribution in [0.3, 0.4) is 0 Å². The molecule has 0 heterocycles. The third-order valence-electron chi connectivity index (χ3n) is 7.02. The lowest BCUT2D eigenvalue weighted by Crippen LogP contribution is -2.67. The summed E-state index contributed by atoms with van der Waals surface area (Å²) in [7, 11) is 3.01. The second kappa shape index (κ2) is 6.64. The molecule has 1 amide bonds. The normalized spacial score (nSPS) is 34.4. The van der Waals surface area contributed by atoms with Crippen LogP contribution in [-0.2, 0) is 20.0 Å². The average Bonchev–Trinajstić information content (AvgIpc) is 2.68. The number of nitrogens with zero attached hydrogens (tertiary/aromatic N) is 1. The minimum Gasteiger partial charge on any atom is -0.508 e. The highest BCUT2D eigenvalue weighted by Crippen LogP contribution is 2.57. The Kier molecular flexibility index (Phi) is 4.57. The van der Waals surface area contributed by atoms with E-state index in [1.165, 1.54) is 44.1 Å². The Morgan fingerprint density at radius 1 is 1.16 bits per heavy atom. The summed E-state index contributed by atoms with van der Waals surface area (Å²) in [6.07, 6.45) is -0.200. The number of fused-ring (bicyclic) bond motifs is 3. The Bertz CT molecular complexity index is 1150. The molecular weight excluding hydrogens is 420 g/mol. The molecule has 3 aliphatic carbocycles. The molecule has 170 valence electrons. The summed E-state index contributed by atoms with van der Waals surface area (Å²) >= 11 is 0. The van der Waals surface area contributed by atoms with Crippen LogP contribution in [0, 0.1) is 11.8 Å². The maximum Gasteiger partial charge on any atom is 0.255 e. The van der Waals surface area contributed by atoms with E-state index in [2.05, 4.69) is 0 Å². The molecule has 3 aliphatic rings. The molecule has 0 aromatic heterocycles. The van der Waals surface area contributed by atoms with Gasteiger partial charge in [-0.25, -0.2) is 0 Å². The number of amides is 1. The highest BCUT2D eigenvalue weighted by atomic mass is 16.3. The van der Waals surface area contributed by atoms with E-state index in [0.717, 1.165) is 0 Å². The van der Waals surface area contributed by atoms with Crippen LogP contribution in [0.25, 0.3) is 5.76 Å². The maximum absolute atomic E-state index is 13.7. The van der Waals surface area contributed by atoms with Crippen LogP contribution in [0.5, 0.6) is 5.75 Å². The quantitative estimate of drug-likeness (QED) is 0.332. The van der Waals surface area contributed by atoms with E-state index in [9.17, 15) is 39.9 Å². The largest absolute Gasteiger partial charge is 0.508 e. The highest BCUT2D eigenvalue weighted by Gasteiger charge is 2.66. The first kappa shape index (κ1) is 22.0. The van der Waals surface area contributed by atoms with E-state index in [-0.39, 0.29) is 17.5 Å². The number of aromatic hydroxyl groups is 1. The van der Waals surface area contributed by atoms with Crippen molar-refractivity contribution in [3.63, 3.8) is 0 Å². The number of phenols is 1. The predicted octanol–water partition coefficient (Wildman–Crippen LogP) is -0.371. The number of phenolic OH excluding ortho intramolecular Hbond substituents is 1. The molecule has 32 heavy (non-hydrogen) atoms. The fourth-order valence-electron chi connectivity index (χ4n) is 5.50. The second-order valence-electron chi connectivity index (χ2n) is 8.96. The molecule has 1 aromatic rings. The lowest BCUT2D eigenvalue weighted by Gasteiger charge is -2.53. The van der Waals surface area contributed by atoms with Crippen LogP contribution >= 0.6 is 0 Å². The van der Waals surface area contributed by atoms with Gasteiger partial charge in [-0.3, -0.25) is 19.3 Å². The molecule has 0 unspecified atom stereocenters. The van der Waals surface area contributed by atoms with Crippen LogP contribution in [-0.4, -0.2) is 73.6 Å². The van der Waals surface area contributed by atoms with Gasteiger partial charge in [0.25, 0.3) is 5.91 Å². The Morgan fingerprint density at radius 3 is 2.34 bits per heavy atom. The van der Waals surface area contributed by atoms with Gasteiger partial charge < -0.3 is 31.3 Å². The van der Waals surface area contributed by atoms with Gasteiger partial charge >= 0.3 is 0 Å². The fraction of sp³-hybridized carbons (Fsp3) is 0.409. The zero-order valence-corrected chi connectivity index (χ0v) is 17.7. The number of carbonyl (C=O) groups excluding carboxylic acids is 3. The van der Waals surface area contributed by atoms with Crippen molar-refractivity contribution in [2.45, 2.75) is 30.6 Å². The molecule has 0 spiro atoms. The van der Waals surface area contributed by atoms with Gasteiger partial charge in [0, 0.05) is 17.4 Å². The van der Waals surface area contributed by atoms with Gasteiger partial charge in [0.05, 0.1) is 17.2 Å². The van der Waals surface area contributed by atoms with E-state index in [4.69, 9.17) is 5.73 Å². The lowest BCUT2D eigenvalue weighted by atomic mass is 9.54. The number of carbonyl (C=O) groups is 3. The first-order valence-electron chi connectivity index (χ1n) is 9.97. The predicted molar refractivity (Wildman–Crippen MR) is 110 cm³/mol. The number of rotatable bonds is 2. The van der Waals surface area contributed by atoms with Gasteiger partial charge in [0.1, 0.15) is 22.8 Å². The van der Waals surface area contributed by atoms with Crippen LogP contribution in [0.4, 0.5) is 0 Å². The van der Waals surface area contributed by atoms with E-state index in [1.807, 2.05) is 0 Å². The standard InChI is InChI=1S/C22H24N2O8/c1-21(31)8-5-4-6-11(25)12(8)16(26)13-9(21)7-10-15(24(2)3)17(27)14(20(23)30)19(29)22(10,32)18(13)28/h4-6,9-10,15,25-26,29,31-32H,7H2,1-3H3,(H2,23,30)/t9-,10+,15-,21-,22+/m0/s1. The van der Waals surface area contributed by atoms with Crippen LogP contribution < -0.4 is 5.73 Å². The Hall–Kier alpha value is -3.21. The number of likely N-dealkylation sites (N-methyl/N-ethyl adjacent to an activating group) is 1. The molecule has 10 nitrogen and oxygen atoms in total. The summed E-state index contributed by atoms with van der Waals surface area (Å²) in [4.78, 5) is 40.0. The van der Waals surface area contributed by atoms with Crippen molar-refractivity contribution in [3.05, 3.63) is 46.2 Å². The molecule has 1 fully saturated rings. The van der Waals surface area contributed by atoms with Gasteiger partial charge in [-0.05, 0) is 39.1 Å². The topological polar surface area (TPSA) is 182 Å². The maximum atomic E-state index is 13.7. The van der Waals surface area contributed by atoms with Crippen molar-refractivity contribution in [1.29, 1.82) is 0 Å². The van der Waals surface area contributed by atoms with E-state index in [0.29, 0.717) is 0 Å². The first-order chi connectivity index (χ1) is 14.8. The van der Waals surface area contributed by atoms with Crippen molar-refractivity contribution in [1.82, 2.24) is 4.90 Å². The van der Waals surface area contributed by atoms with E-state index >= 15 is 0 Å². The molecule has 5 atom stereocenters. The van der Waals surface area contributed by atoms with E-state index in [1.54, 1.807) is 0 Å². The van der Waals surface area contributed by atoms with Gasteiger partial charge in [0.15, 0.2) is 11.4 Å². The second-order valence-corrected chi connectivity index (χ2v) is 8.96. The third-order valence-corrected chi connectivity index (χ3v) is 7.02. The smallest absolute Gasteiger partial charge is 0.255 e. The monoisotopic (exact) mass is 444 g/mol. The molecule has 1 aromatic carbocycles. The zero-order valence-electron chi connectivity index (χ0n) is 17.7. The average molecular weight is 444 g/mol. The molecule has 0 aliphatic heterocycles. The van der Waals surface area contributed by atoms with Gasteiger partial charge in [-0.15, -0.1) is 0 Å². The Morgan fingerprint density at radius 2 is 1.78 bits per heavy atom. The number of hydrogen-bond acceptors (Lipinski definition) is 9. The number of ketones is 2. The number of Topliss-reactive ketones (excluding diaryl/α,β-unsaturated/α-hetero) is 2. The van der Waals surface area contributed by atoms with E-state index < -0.39 is 75.0 Å². The summed E-state index contributed by atoms with van der Waals surface area (Å²) in [5.74, 6) is -7.90. The van der Waals surface area contributed by atoms with Crippen molar-refractivity contribution in [3.8, 4) is 5.75 Å². The minimum atomic E-state index is -2.75. The molecule has 0 radical (unpaired) electrons. The molecule has 1 saturated carbocycles. The molecule has 0 bridgehead atoms. The fourth-order valence-corrected chi connectivity index (χ4v) is 5.50. The van der Waals surface area contributed by atoms with Crippen LogP contribution in [0.2, 0.25) is 0 Å². The van der Waals surface area contributed by atoms with Crippen molar-refractivity contribution in [2.24, 2.45) is 17.6 Å². The Labute approximate surface area is 182 Å². The molecule has 7 N–H and O–H groups in total. The minimum absolute atomic E-state index is 0.170. The van der Waals surface area contributed by atoms with Gasteiger partial charge in [0.2, 0.25) is 5.78 Å². The van der Waals surface area contributed by atoms with Crippen LogP contribution in [0.1, 0.15) is 24.5 Å². The van der Waals surface area contributed by atoms with Gasteiger partial charge in [-0.2, -0.15) is 0 Å². The summed E-state index contributed by atoms with van der Waals surface area (Å²) < 4.78 is 0. The highest BCUT2D eigenvalue weighted by molar-refractivity contribution is 6.24. The third kappa shape index (κ3) is 2.48.